The summed E-state index contributed by atoms with van der Waals surface area (Å²) in [5.74, 6) is 1.70. The van der Waals surface area contributed by atoms with E-state index >= 15 is 0 Å². The predicted octanol–water partition coefficient (Wildman–Crippen LogP) is 22.3. The number of benzene rings is 15. The molecule has 0 aliphatic carbocycles. The number of fused-ring (bicyclic) bond motifs is 15. The number of rotatable bonds is 9. The van der Waals surface area contributed by atoms with E-state index in [0.717, 1.165) is 116 Å². The van der Waals surface area contributed by atoms with Crippen molar-refractivity contribution in [2.45, 2.75) is 16.2 Å². The molecular formula is C96H60N6. The van der Waals surface area contributed by atoms with E-state index in [2.05, 4.69) is 378 Å². The van der Waals surface area contributed by atoms with E-state index in [-0.39, 0.29) is 0 Å². The standard InChI is InChI=1S/C96H60N6/c1-7-31-64(32-8-1)94(65-33-9-2-10-34-65)76-46-22-28-52-85(76)100-82-49-25-19-43-70(82)73-55-61(58-79(94)88(73)100)91-97-92(62-56-74-71-44-20-26-50-83(71)101-86-53-29-23-47-77(86)95(80(59-62)89(74)101,66-35-11-3-12-36-66)67-37-13-4-14-38-67)99-93(98-91)63-57-75-72-45-21-27-51-84(72)102-87-54-30-24-48-78(87)96(81(60-63)90(75)102,68-39-15-5-16-40-68)69-41-17-6-18-42-69/h1-60H. The fourth-order valence-electron chi connectivity index (χ4n) is 18.9. The second kappa shape index (κ2) is 21.4. The van der Waals surface area contributed by atoms with Gasteiger partial charge in [0.2, 0.25) is 0 Å². The third kappa shape index (κ3) is 7.43. The normalized spacial score (nSPS) is 14.1. The number of para-hydroxylation sites is 6. The van der Waals surface area contributed by atoms with E-state index in [9.17, 15) is 0 Å². The zero-order valence-electron chi connectivity index (χ0n) is 55.3. The number of nitrogens with zero attached hydrogens (tertiary/aromatic N) is 6. The van der Waals surface area contributed by atoms with Crippen molar-refractivity contribution in [2.24, 2.45) is 0 Å². The summed E-state index contributed by atoms with van der Waals surface area (Å²) >= 11 is 0. The third-order valence-electron chi connectivity index (χ3n) is 22.8. The van der Waals surface area contributed by atoms with Crippen LogP contribution in [0, 0.1) is 0 Å². The summed E-state index contributed by atoms with van der Waals surface area (Å²) in [6.07, 6.45) is 0. The van der Waals surface area contributed by atoms with Gasteiger partial charge < -0.3 is 13.7 Å². The lowest BCUT2D eigenvalue weighted by Crippen LogP contribution is -2.35. The van der Waals surface area contributed by atoms with Crippen LogP contribution in [-0.2, 0) is 16.2 Å². The van der Waals surface area contributed by atoms with E-state index < -0.39 is 16.2 Å². The van der Waals surface area contributed by atoms with Crippen LogP contribution in [0.4, 0.5) is 0 Å². The Morgan fingerprint density at radius 2 is 0.402 bits per heavy atom. The minimum absolute atomic E-state index is 0.566. The molecule has 4 aromatic heterocycles. The Kier molecular flexibility index (Phi) is 11.9. The summed E-state index contributed by atoms with van der Waals surface area (Å²) in [5.41, 5.74) is 24.6. The molecule has 0 bridgehead atoms. The van der Waals surface area contributed by atoms with Gasteiger partial charge in [-0.05, 0) is 140 Å². The van der Waals surface area contributed by atoms with E-state index in [1.165, 1.54) is 50.1 Å². The van der Waals surface area contributed by atoms with Gasteiger partial charge in [-0.1, -0.05) is 291 Å². The molecule has 102 heavy (non-hydrogen) atoms. The largest absolute Gasteiger partial charge is 0.309 e. The van der Waals surface area contributed by atoms with Crippen LogP contribution in [0.1, 0.15) is 66.8 Å². The van der Waals surface area contributed by atoms with Crippen molar-refractivity contribution in [1.82, 2.24) is 28.7 Å². The molecule has 6 heteroatoms. The van der Waals surface area contributed by atoms with E-state index in [1.54, 1.807) is 0 Å². The van der Waals surface area contributed by atoms with Crippen LogP contribution in [0.2, 0.25) is 0 Å². The smallest absolute Gasteiger partial charge is 0.164 e. The van der Waals surface area contributed by atoms with Crippen LogP contribution in [0.3, 0.4) is 0 Å². The van der Waals surface area contributed by atoms with Gasteiger partial charge in [0.05, 0.1) is 66.4 Å². The van der Waals surface area contributed by atoms with Crippen LogP contribution in [-0.4, -0.2) is 28.7 Å². The lowest BCUT2D eigenvalue weighted by atomic mass is 9.63. The molecule has 19 aromatic rings. The Labute approximate surface area is 588 Å². The van der Waals surface area contributed by atoms with Gasteiger partial charge in [0.15, 0.2) is 17.5 Å². The first-order valence-electron chi connectivity index (χ1n) is 35.2. The molecule has 0 unspecified atom stereocenters. The summed E-state index contributed by atoms with van der Waals surface area (Å²) in [7, 11) is 0. The van der Waals surface area contributed by atoms with E-state index in [1.807, 2.05) is 0 Å². The van der Waals surface area contributed by atoms with E-state index in [4.69, 9.17) is 15.0 Å². The summed E-state index contributed by atoms with van der Waals surface area (Å²) in [6, 6.07) is 135. The number of hydrogen-bond donors (Lipinski definition) is 0. The molecule has 7 heterocycles. The van der Waals surface area contributed by atoms with Crippen molar-refractivity contribution in [3.63, 3.8) is 0 Å². The van der Waals surface area contributed by atoms with Gasteiger partial charge in [0.1, 0.15) is 0 Å². The van der Waals surface area contributed by atoms with Crippen molar-refractivity contribution in [2.75, 3.05) is 0 Å². The summed E-state index contributed by atoms with van der Waals surface area (Å²) < 4.78 is 7.53. The Hall–Kier alpha value is -13.3. The maximum atomic E-state index is 6.03. The molecule has 0 fully saturated rings. The molecule has 0 saturated heterocycles. The lowest BCUT2D eigenvalue weighted by Gasteiger charge is -2.42. The highest BCUT2D eigenvalue weighted by atomic mass is 15.1. The van der Waals surface area contributed by atoms with Crippen LogP contribution in [0.25, 0.3) is 117 Å². The number of aromatic nitrogens is 6. The van der Waals surface area contributed by atoms with Gasteiger partial charge in [0, 0.05) is 49.0 Å². The Balaban J connectivity index is 0.906. The molecule has 0 saturated carbocycles. The highest BCUT2D eigenvalue weighted by molar-refractivity contribution is 6.16. The minimum Gasteiger partial charge on any atom is -0.309 e. The van der Waals surface area contributed by atoms with Crippen LogP contribution in [0.15, 0.2) is 364 Å². The molecule has 0 amide bonds. The molecular weight excluding hydrogens is 1240 g/mol. The molecule has 474 valence electrons. The lowest BCUT2D eigenvalue weighted by molar-refractivity contribution is 0.727. The Bertz CT molecular complexity index is 5900. The average molecular weight is 1300 g/mol. The van der Waals surface area contributed by atoms with Crippen LogP contribution in [0.5, 0.6) is 0 Å². The maximum absolute atomic E-state index is 6.03. The van der Waals surface area contributed by atoms with Gasteiger partial charge in [-0.3, -0.25) is 0 Å². The first-order valence-corrected chi connectivity index (χ1v) is 35.2. The molecule has 15 aromatic carbocycles. The topological polar surface area (TPSA) is 53.5 Å². The molecule has 0 radical (unpaired) electrons. The molecule has 22 rings (SSSR count). The third-order valence-corrected chi connectivity index (χ3v) is 22.8. The first-order chi connectivity index (χ1) is 50.6. The molecule has 3 aliphatic heterocycles. The SMILES string of the molecule is c1ccc(C2(c3ccccc3)c3ccccc3-n3c4ccccc4c4cc(-c5nc(-c6cc7c8c(c6)c6ccccc6n8-c6ccccc6C7(c6ccccc6)c6ccccc6)nc(-c6cc7c8c(c6)c6ccccc6n8-c6ccccc6C7(c6ccccc6)c6ccccc6)n5)cc2c43)cc1. The van der Waals surface area contributed by atoms with Crippen molar-refractivity contribution in [1.29, 1.82) is 0 Å². The van der Waals surface area contributed by atoms with Crippen molar-refractivity contribution in [3.05, 3.63) is 431 Å². The van der Waals surface area contributed by atoms with Crippen molar-refractivity contribution >= 4 is 65.4 Å². The van der Waals surface area contributed by atoms with E-state index in [0.29, 0.717) is 17.5 Å². The van der Waals surface area contributed by atoms with Crippen LogP contribution >= 0.6 is 0 Å². The zero-order chi connectivity index (χ0) is 66.8. The van der Waals surface area contributed by atoms with Gasteiger partial charge in [-0.25, -0.2) is 15.0 Å². The highest BCUT2D eigenvalue weighted by Crippen LogP contribution is 2.59. The van der Waals surface area contributed by atoms with Gasteiger partial charge in [0.25, 0.3) is 0 Å². The average Bonchev–Trinajstić information content (AvgIpc) is 1.47. The minimum atomic E-state index is -0.788. The molecule has 0 spiro atoms. The summed E-state index contributed by atoms with van der Waals surface area (Å²) in [6.45, 7) is 0. The first kappa shape index (κ1) is 56.7. The Morgan fingerprint density at radius 1 is 0.186 bits per heavy atom. The van der Waals surface area contributed by atoms with Crippen molar-refractivity contribution in [3.8, 4) is 51.2 Å². The molecule has 6 nitrogen and oxygen atoms in total. The number of hydrogen-bond acceptors (Lipinski definition) is 3. The highest BCUT2D eigenvalue weighted by Gasteiger charge is 2.49. The van der Waals surface area contributed by atoms with Gasteiger partial charge in [-0.2, -0.15) is 0 Å². The quantitative estimate of drug-likeness (QED) is 0.145. The molecule has 3 aliphatic rings. The maximum Gasteiger partial charge on any atom is 0.164 e. The van der Waals surface area contributed by atoms with Gasteiger partial charge >= 0.3 is 0 Å². The fraction of sp³-hybridized carbons (Fsp3) is 0.0312. The zero-order valence-corrected chi connectivity index (χ0v) is 55.3. The Morgan fingerprint density at radius 3 is 0.657 bits per heavy atom. The summed E-state index contributed by atoms with van der Waals surface area (Å²) in [4.78, 5) is 18.1. The fourth-order valence-corrected chi connectivity index (χ4v) is 18.9. The molecule has 0 N–H and O–H groups in total. The van der Waals surface area contributed by atoms with Crippen LogP contribution < -0.4 is 0 Å². The monoisotopic (exact) mass is 1300 g/mol. The second-order valence-electron chi connectivity index (χ2n) is 27.6. The predicted molar refractivity (Wildman–Crippen MR) is 415 cm³/mol. The summed E-state index contributed by atoms with van der Waals surface area (Å²) in [5, 5.41) is 6.80. The van der Waals surface area contributed by atoms with Crippen molar-refractivity contribution < 1.29 is 0 Å². The van der Waals surface area contributed by atoms with Gasteiger partial charge in [-0.15, -0.1) is 0 Å². The second-order valence-corrected chi connectivity index (χ2v) is 27.6. The molecule has 0 atom stereocenters.